The molecule has 2 heterocycles. The largest absolute Gasteiger partial charge is 0.304 e. The molecule has 0 aromatic carbocycles. The van der Waals surface area contributed by atoms with Gasteiger partial charge in [0.15, 0.2) is 4.60 Å². The molecule has 18 heavy (non-hydrogen) atoms. The van der Waals surface area contributed by atoms with Crippen molar-refractivity contribution in [1.29, 1.82) is 0 Å². The zero-order valence-electron chi connectivity index (χ0n) is 10.1. The second-order valence-corrected chi connectivity index (χ2v) is 4.97. The van der Waals surface area contributed by atoms with Crippen molar-refractivity contribution in [2.24, 2.45) is 7.05 Å². The van der Waals surface area contributed by atoms with Crippen molar-refractivity contribution in [3.05, 3.63) is 39.3 Å². The van der Waals surface area contributed by atoms with E-state index in [1.807, 2.05) is 26.1 Å². The van der Waals surface area contributed by atoms with E-state index in [1.54, 1.807) is 10.9 Å². The Hall–Kier alpha value is -0.980. The fourth-order valence-electron chi connectivity index (χ4n) is 1.75. The molecule has 7 heteroatoms. The van der Waals surface area contributed by atoms with Crippen LogP contribution in [0.1, 0.15) is 24.4 Å². The molecule has 0 aliphatic carbocycles. The van der Waals surface area contributed by atoms with Crippen LogP contribution in [0.2, 0.25) is 5.02 Å². The Morgan fingerprint density at radius 1 is 1.50 bits per heavy atom. The van der Waals surface area contributed by atoms with Crippen molar-refractivity contribution in [2.45, 2.75) is 13.0 Å². The Bertz CT molecular complexity index is 505. The quantitative estimate of drug-likeness (QED) is 0.935. The topological polar surface area (TPSA) is 55.6 Å². The summed E-state index contributed by atoms with van der Waals surface area (Å²) in [5.41, 5.74) is 1.82. The Morgan fingerprint density at radius 2 is 2.28 bits per heavy atom. The predicted molar refractivity (Wildman–Crippen MR) is 73.5 cm³/mol. The lowest BCUT2D eigenvalue weighted by Gasteiger charge is -2.17. The molecule has 0 bridgehead atoms. The Kier molecular flexibility index (Phi) is 4.31. The summed E-state index contributed by atoms with van der Waals surface area (Å²) in [6, 6.07) is 3.66. The van der Waals surface area contributed by atoms with Gasteiger partial charge in [0, 0.05) is 13.2 Å². The molecule has 1 atom stereocenters. The predicted octanol–water partition coefficient (Wildman–Crippen LogP) is 2.32. The summed E-state index contributed by atoms with van der Waals surface area (Å²) in [6.07, 6.45) is 1.64. The molecule has 0 saturated heterocycles. The lowest BCUT2D eigenvalue weighted by molar-refractivity contribution is 0.557. The number of hydrogen-bond acceptors (Lipinski definition) is 4. The lowest BCUT2D eigenvalue weighted by Crippen LogP contribution is -2.25. The van der Waals surface area contributed by atoms with Crippen LogP contribution in [-0.2, 0) is 7.05 Å². The molecule has 0 fully saturated rings. The zero-order valence-corrected chi connectivity index (χ0v) is 12.4. The maximum absolute atomic E-state index is 5.86. The van der Waals surface area contributed by atoms with Gasteiger partial charge in [-0.05, 0) is 34.6 Å². The minimum Gasteiger partial charge on any atom is -0.304 e. The van der Waals surface area contributed by atoms with Gasteiger partial charge in [-0.1, -0.05) is 23.7 Å². The number of halogens is 2. The summed E-state index contributed by atoms with van der Waals surface area (Å²) < 4.78 is 2.45. The number of hydrogen-bond donors (Lipinski definition) is 1. The Morgan fingerprint density at radius 3 is 2.78 bits per heavy atom. The third kappa shape index (κ3) is 2.71. The van der Waals surface area contributed by atoms with Crippen molar-refractivity contribution in [1.82, 2.24) is 25.3 Å². The van der Waals surface area contributed by atoms with Gasteiger partial charge in [-0.3, -0.25) is 4.98 Å². The number of nitrogens with one attached hydrogen (secondary N) is 1. The number of aryl methyl sites for hydroxylation is 1. The van der Waals surface area contributed by atoms with E-state index in [4.69, 9.17) is 11.6 Å². The van der Waals surface area contributed by atoms with Crippen LogP contribution in [0.25, 0.3) is 0 Å². The van der Waals surface area contributed by atoms with E-state index in [0.29, 0.717) is 9.63 Å². The Balaban J connectivity index is 2.43. The molecule has 5 nitrogen and oxygen atoms in total. The smallest absolute Gasteiger partial charge is 0.153 e. The van der Waals surface area contributed by atoms with Crippen molar-refractivity contribution in [3.8, 4) is 0 Å². The second kappa shape index (κ2) is 5.77. The van der Waals surface area contributed by atoms with Gasteiger partial charge in [-0.25, -0.2) is 4.68 Å². The molecule has 0 spiro atoms. The van der Waals surface area contributed by atoms with Crippen LogP contribution in [0.15, 0.2) is 22.9 Å². The van der Waals surface area contributed by atoms with Gasteiger partial charge < -0.3 is 5.32 Å². The molecule has 0 aliphatic heterocycles. The molecule has 2 aromatic rings. The molecular weight excluding hydrogens is 318 g/mol. The zero-order chi connectivity index (χ0) is 13.1. The van der Waals surface area contributed by atoms with Crippen LogP contribution in [0.3, 0.4) is 0 Å². The van der Waals surface area contributed by atoms with Crippen molar-refractivity contribution in [3.63, 3.8) is 0 Å². The SMILES string of the molecule is CCNC(c1ccc(Cl)cn1)c1c(Br)nnn1C. The summed E-state index contributed by atoms with van der Waals surface area (Å²) in [7, 11) is 1.85. The van der Waals surface area contributed by atoms with Crippen LogP contribution >= 0.6 is 27.5 Å². The first-order valence-corrected chi connectivity index (χ1v) is 6.70. The second-order valence-electron chi connectivity index (χ2n) is 3.78. The van der Waals surface area contributed by atoms with Gasteiger partial charge in [-0.2, -0.15) is 0 Å². The van der Waals surface area contributed by atoms with E-state index in [9.17, 15) is 0 Å². The Labute approximate surface area is 119 Å². The summed E-state index contributed by atoms with van der Waals surface area (Å²) in [4.78, 5) is 4.35. The summed E-state index contributed by atoms with van der Waals surface area (Å²) >= 11 is 9.27. The van der Waals surface area contributed by atoms with Crippen molar-refractivity contribution >= 4 is 27.5 Å². The average Bonchev–Trinajstić information content (AvgIpc) is 2.68. The standard InChI is InChI=1S/C11H13BrClN5/c1-3-14-9(8-5-4-7(13)6-15-8)10-11(12)16-17-18(10)2/h4-6,9,14H,3H2,1-2H3. The molecule has 2 aromatic heterocycles. The van der Waals surface area contributed by atoms with Crippen LogP contribution in [-0.4, -0.2) is 26.5 Å². The highest BCUT2D eigenvalue weighted by atomic mass is 79.9. The molecular formula is C11H13BrClN5. The first kappa shape index (κ1) is 13.5. The molecule has 1 unspecified atom stereocenters. The van der Waals surface area contributed by atoms with Crippen molar-refractivity contribution < 1.29 is 0 Å². The third-order valence-corrected chi connectivity index (χ3v) is 3.34. The van der Waals surface area contributed by atoms with E-state index < -0.39 is 0 Å². The van der Waals surface area contributed by atoms with E-state index in [1.165, 1.54) is 0 Å². The first-order valence-electron chi connectivity index (χ1n) is 5.53. The van der Waals surface area contributed by atoms with Gasteiger partial charge >= 0.3 is 0 Å². The number of aromatic nitrogens is 4. The van der Waals surface area contributed by atoms with Crippen LogP contribution < -0.4 is 5.32 Å². The van der Waals surface area contributed by atoms with Crippen molar-refractivity contribution in [2.75, 3.05) is 6.54 Å². The van der Waals surface area contributed by atoms with E-state index >= 15 is 0 Å². The number of rotatable bonds is 4. The summed E-state index contributed by atoms with van der Waals surface area (Å²) in [5, 5.41) is 12.0. The molecule has 1 N–H and O–H groups in total. The maximum atomic E-state index is 5.86. The average molecular weight is 331 g/mol. The highest BCUT2D eigenvalue weighted by molar-refractivity contribution is 9.10. The summed E-state index contributed by atoms with van der Waals surface area (Å²) in [5.74, 6) is 0. The fourth-order valence-corrected chi connectivity index (χ4v) is 2.42. The van der Waals surface area contributed by atoms with E-state index in [-0.39, 0.29) is 6.04 Å². The van der Waals surface area contributed by atoms with Gasteiger partial charge in [0.2, 0.25) is 0 Å². The molecule has 0 amide bonds. The number of pyridine rings is 1. The van der Waals surface area contributed by atoms with Gasteiger partial charge in [0.1, 0.15) is 0 Å². The van der Waals surface area contributed by atoms with Gasteiger partial charge in [-0.15, -0.1) is 5.10 Å². The van der Waals surface area contributed by atoms with Crippen LogP contribution in [0, 0.1) is 0 Å². The number of nitrogens with zero attached hydrogens (tertiary/aromatic N) is 4. The summed E-state index contributed by atoms with van der Waals surface area (Å²) in [6.45, 7) is 2.85. The molecule has 0 aliphatic rings. The third-order valence-electron chi connectivity index (χ3n) is 2.55. The maximum Gasteiger partial charge on any atom is 0.153 e. The van der Waals surface area contributed by atoms with Crippen LogP contribution in [0.5, 0.6) is 0 Å². The van der Waals surface area contributed by atoms with Crippen LogP contribution in [0.4, 0.5) is 0 Å². The minimum atomic E-state index is -0.0679. The lowest BCUT2D eigenvalue weighted by atomic mass is 10.1. The molecule has 0 radical (unpaired) electrons. The van der Waals surface area contributed by atoms with Gasteiger partial charge in [0.25, 0.3) is 0 Å². The minimum absolute atomic E-state index is 0.0679. The fraction of sp³-hybridized carbons (Fsp3) is 0.364. The molecule has 2 rings (SSSR count). The first-order chi connectivity index (χ1) is 8.63. The van der Waals surface area contributed by atoms with Gasteiger partial charge in [0.05, 0.1) is 22.5 Å². The van der Waals surface area contributed by atoms with E-state index in [2.05, 4.69) is 36.5 Å². The molecule has 0 saturated carbocycles. The normalized spacial score (nSPS) is 12.7. The van der Waals surface area contributed by atoms with E-state index in [0.717, 1.165) is 17.9 Å². The monoisotopic (exact) mass is 329 g/mol. The highest BCUT2D eigenvalue weighted by Crippen LogP contribution is 2.25. The highest BCUT2D eigenvalue weighted by Gasteiger charge is 2.22. The molecule has 96 valence electrons.